The van der Waals surface area contributed by atoms with E-state index in [1.54, 1.807) is 32.4 Å². The number of aliphatic hydroxyl groups excluding tert-OH is 2. The number of para-hydroxylation sites is 2. The summed E-state index contributed by atoms with van der Waals surface area (Å²) in [5.41, 5.74) is 8.20. The molecule has 2 aliphatic carbocycles. The van der Waals surface area contributed by atoms with Crippen LogP contribution >= 0.6 is 23.5 Å². The van der Waals surface area contributed by atoms with Gasteiger partial charge in [-0.15, -0.1) is 0 Å². The lowest BCUT2D eigenvalue weighted by atomic mass is 9.71. The number of hydrogen-bond donors (Lipinski definition) is 2. The third-order valence-electron chi connectivity index (χ3n) is 20.3. The van der Waals surface area contributed by atoms with Crippen LogP contribution in [0.4, 0.5) is 0 Å². The highest BCUT2D eigenvalue weighted by Gasteiger charge is 2.49. The lowest BCUT2D eigenvalue weighted by molar-refractivity contribution is -0.141. The zero-order valence-corrected chi connectivity index (χ0v) is 62.2. The summed E-state index contributed by atoms with van der Waals surface area (Å²) in [5.74, 6) is 10.7. The normalized spacial score (nSPS) is 19.6. The lowest BCUT2D eigenvalue weighted by Gasteiger charge is -2.51. The Morgan fingerprint density at radius 1 is 0.475 bits per heavy atom. The average molecular weight is 1400 g/mol. The minimum atomic E-state index is -0.475. The molecule has 0 bridgehead atoms. The molecule has 2 saturated carbocycles. The van der Waals surface area contributed by atoms with Gasteiger partial charge in [-0.2, -0.15) is 23.5 Å². The number of rotatable bonds is 29. The molecule has 7 atom stereocenters. The van der Waals surface area contributed by atoms with Gasteiger partial charge in [0.15, 0.2) is 0 Å². The second-order valence-electron chi connectivity index (χ2n) is 27.3. The van der Waals surface area contributed by atoms with Gasteiger partial charge in [0.05, 0.1) is 64.3 Å². The molecule has 538 valence electrons. The molecule has 2 saturated heterocycles. The summed E-state index contributed by atoms with van der Waals surface area (Å²) < 4.78 is 43.8. The molecule has 0 amide bonds. The van der Waals surface area contributed by atoms with Crippen LogP contribution in [-0.2, 0) is 55.1 Å². The van der Waals surface area contributed by atoms with Crippen LogP contribution < -0.4 is 28.4 Å². The number of esters is 4. The number of thioether (sulfide) groups is 2. The molecule has 4 aliphatic rings. The second kappa shape index (κ2) is 41.3. The van der Waals surface area contributed by atoms with E-state index >= 15 is 0 Å². The van der Waals surface area contributed by atoms with Crippen molar-refractivity contribution in [2.45, 2.75) is 201 Å². The summed E-state index contributed by atoms with van der Waals surface area (Å²) in [4.78, 5) is 49.1. The maximum absolute atomic E-state index is 12.4. The van der Waals surface area contributed by atoms with Crippen molar-refractivity contribution in [2.24, 2.45) is 29.1 Å². The van der Waals surface area contributed by atoms with E-state index < -0.39 is 5.97 Å². The Morgan fingerprint density at radius 3 is 1.18 bits per heavy atom. The molecule has 0 spiro atoms. The lowest BCUT2D eigenvalue weighted by Crippen LogP contribution is -2.48. The molecule has 6 aromatic rings. The smallest absolute Gasteiger partial charge is 0.314 e. The second-order valence-corrected chi connectivity index (χ2v) is 29.6. The molecule has 4 fully saturated rings. The van der Waals surface area contributed by atoms with Gasteiger partial charge in [-0.25, -0.2) is 0 Å². The van der Waals surface area contributed by atoms with E-state index in [1.165, 1.54) is 52.4 Å². The van der Waals surface area contributed by atoms with Gasteiger partial charge in [-0.05, 0) is 194 Å². The highest BCUT2D eigenvalue weighted by atomic mass is 32.2. The summed E-state index contributed by atoms with van der Waals surface area (Å²) >= 11 is 4.08. The first-order valence-corrected chi connectivity index (χ1v) is 38.2. The summed E-state index contributed by atoms with van der Waals surface area (Å²) in [6.07, 6.45) is 12.2. The number of hydrogen-bond acceptors (Lipinski definition) is 16. The number of methoxy groups -OCH3 is 2. The third kappa shape index (κ3) is 24.3. The Bertz CT molecular complexity index is 3350. The van der Waals surface area contributed by atoms with Crippen molar-refractivity contribution in [3.05, 3.63) is 178 Å². The predicted molar refractivity (Wildman–Crippen MR) is 397 cm³/mol. The Balaban J connectivity index is 0.000000186. The summed E-state index contributed by atoms with van der Waals surface area (Å²) in [6, 6.07) is 42.6. The standard InChI is InChI=1S/C23H30O5.C21H26O5.C20H28O2S.C19H26O2S/c1-5-17(2)18-9-11-21(12-10-18)27-14-13-22(24)28-23-19(15-25-3)7-6-8-20(23)16-26-4;1-3-15(2)16-7-9-19(10-8-16)25-12-11-20(24)26-21-17(13-22)5-4-6-18(21)14-23;1-3-14(2)15-8-10-19(11-9-15)22-20(21)17-6-4-16(5-7-17)18-12-23-13-18;1-4-13(2)14-5-7-16(8-6-14)21-18(20)15-9-10-19(3)12-22-17(19)11-15/h6-12,17H,5,13-16H2,1-4H3;4-10,15,22-23H,3,11-14H2,1-2H3;8-11,14,16-18H,3-7,12-13H2,1-2H3;5-8,13,15,17H,4,9-12H2,1-3H3. The van der Waals surface area contributed by atoms with E-state index in [9.17, 15) is 29.4 Å². The maximum atomic E-state index is 12.4. The van der Waals surface area contributed by atoms with Crippen LogP contribution in [0.2, 0.25) is 0 Å². The molecule has 10 rings (SSSR count). The van der Waals surface area contributed by atoms with Crippen molar-refractivity contribution in [1.29, 1.82) is 0 Å². The summed E-state index contributed by atoms with van der Waals surface area (Å²) in [7, 11) is 3.21. The largest absolute Gasteiger partial charge is 0.493 e. The monoisotopic (exact) mass is 1390 g/mol. The van der Waals surface area contributed by atoms with E-state index in [2.05, 4.69) is 110 Å². The van der Waals surface area contributed by atoms with Gasteiger partial charge in [0.25, 0.3) is 0 Å². The van der Waals surface area contributed by atoms with Gasteiger partial charge in [-0.1, -0.05) is 147 Å². The van der Waals surface area contributed by atoms with E-state index in [0.717, 1.165) is 86.5 Å². The topological polar surface area (TPSA) is 183 Å². The SMILES string of the molecule is CCC(C)c1ccc(OC(=O)C2CCC(C3CSC3)CC2)cc1.CCC(C)c1ccc(OC(=O)C2CCC3(C)CSC3C2)cc1.CCC(C)c1ccc(OCCC(=O)Oc2c(CO)cccc2CO)cc1.CCC(C)c1ccc(OCCC(=O)Oc2c(COC)cccc2COC)cc1. The fourth-order valence-corrected chi connectivity index (χ4v) is 15.2. The van der Waals surface area contributed by atoms with Gasteiger partial charge in [0.1, 0.15) is 34.5 Å². The minimum absolute atomic E-state index is 0.0253. The van der Waals surface area contributed by atoms with E-state index in [1.807, 2.05) is 90.6 Å². The molecule has 0 radical (unpaired) electrons. The Labute approximate surface area is 598 Å². The fourth-order valence-electron chi connectivity index (χ4n) is 12.5. The van der Waals surface area contributed by atoms with Gasteiger partial charge < -0.3 is 48.1 Å². The highest BCUT2D eigenvalue weighted by molar-refractivity contribution is 8.01. The van der Waals surface area contributed by atoms with Crippen molar-refractivity contribution in [2.75, 3.05) is 44.7 Å². The number of benzene rings is 6. The van der Waals surface area contributed by atoms with Crippen LogP contribution in [0.25, 0.3) is 0 Å². The molecule has 99 heavy (non-hydrogen) atoms. The van der Waals surface area contributed by atoms with E-state index in [4.69, 9.17) is 37.9 Å². The van der Waals surface area contributed by atoms with Gasteiger partial charge >= 0.3 is 23.9 Å². The number of carbonyl (C=O) groups excluding carboxylic acids is 4. The van der Waals surface area contributed by atoms with Crippen molar-refractivity contribution in [3.63, 3.8) is 0 Å². The molecule has 2 aliphatic heterocycles. The third-order valence-corrected chi connectivity index (χ3v) is 23.6. The predicted octanol–water partition coefficient (Wildman–Crippen LogP) is 18.7. The zero-order chi connectivity index (χ0) is 71.3. The van der Waals surface area contributed by atoms with Crippen molar-refractivity contribution in [1.82, 2.24) is 0 Å². The van der Waals surface area contributed by atoms with Gasteiger partial charge in [-0.3, -0.25) is 19.2 Å². The molecule has 2 N–H and O–H groups in total. The van der Waals surface area contributed by atoms with Crippen LogP contribution in [0.5, 0.6) is 34.5 Å². The number of aliphatic hydroxyl groups is 2. The molecule has 6 aromatic carbocycles. The first-order chi connectivity index (χ1) is 47.9. The van der Waals surface area contributed by atoms with Crippen LogP contribution in [0.3, 0.4) is 0 Å². The first-order valence-electron chi connectivity index (χ1n) is 36.0. The van der Waals surface area contributed by atoms with Crippen LogP contribution in [0.1, 0.15) is 214 Å². The quantitative estimate of drug-likeness (QED) is 0.0334. The van der Waals surface area contributed by atoms with Gasteiger partial charge in [0, 0.05) is 47.5 Å². The Hall–Kier alpha value is -6.66. The van der Waals surface area contributed by atoms with Crippen LogP contribution in [-0.4, -0.2) is 84.0 Å². The van der Waals surface area contributed by atoms with Crippen molar-refractivity contribution in [3.8, 4) is 34.5 Å². The Morgan fingerprint density at radius 2 is 0.848 bits per heavy atom. The Kier molecular flexibility index (Phi) is 33.2. The minimum Gasteiger partial charge on any atom is -0.493 e. The van der Waals surface area contributed by atoms with Crippen LogP contribution in [0.15, 0.2) is 133 Å². The summed E-state index contributed by atoms with van der Waals surface area (Å²) in [6.45, 7) is 20.5. The molecule has 14 nitrogen and oxygen atoms in total. The summed E-state index contributed by atoms with van der Waals surface area (Å²) in [5, 5.41) is 19.4. The molecule has 0 aromatic heterocycles. The highest BCUT2D eigenvalue weighted by Crippen LogP contribution is 2.55. The molecule has 7 unspecified atom stereocenters. The van der Waals surface area contributed by atoms with E-state index in [0.29, 0.717) is 81.7 Å². The van der Waals surface area contributed by atoms with Crippen molar-refractivity contribution < 1.29 is 67.3 Å². The first kappa shape index (κ1) is 79.7. The average Bonchev–Trinajstić information content (AvgIpc) is 0.769. The zero-order valence-electron chi connectivity index (χ0n) is 60.6. The van der Waals surface area contributed by atoms with Gasteiger partial charge in [0.2, 0.25) is 0 Å². The maximum Gasteiger partial charge on any atom is 0.314 e. The van der Waals surface area contributed by atoms with Crippen molar-refractivity contribution >= 4 is 47.4 Å². The number of fused-ring (bicyclic) bond motifs is 1. The molecular formula is C83H110O14S2. The molecular weight excluding hydrogens is 1290 g/mol. The van der Waals surface area contributed by atoms with E-state index in [-0.39, 0.29) is 74.8 Å². The number of carbonyl (C=O) groups is 4. The number of ether oxygens (including phenoxy) is 8. The fraction of sp³-hybridized carbons (Fsp3) is 0.518. The molecule has 16 heteroatoms. The molecule has 2 heterocycles. The van der Waals surface area contributed by atoms with Crippen LogP contribution in [0, 0.1) is 29.1 Å².